The van der Waals surface area contributed by atoms with Crippen LogP contribution in [0.25, 0.3) is 0 Å². The van der Waals surface area contributed by atoms with E-state index >= 15 is 0 Å². The quantitative estimate of drug-likeness (QED) is 0.487. The summed E-state index contributed by atoms with van der Waals surface area (Å²) in [4.78, 5) is 32.3. The summed E-state index contributed by atoms with van der Waals surface area (Å²) in [6.07, 6.45) is 1.30. The van der Waals surface area contributed by atoms with Gasteiger partial charge in [0.05, 0.1) is 11.9 Å². The Kier molecular flexibility index (Phi) is 6.11. The molecule has 2 amide bonds. The lowest BCUT2D eigenvalue weighted by atomic mass is 9.77. The Labute approximate surface area is 186 Å². The molecule has 32 heavy (non-hydrogen) atoms. The number of carbonyl (C=O) groups is 2. The second-order valence-electron chi connectivity index (χ2n) is 8.70. The third-order valence-corrected chi connectivity index (χ3v) is 5.57. The Hall–Kier alpha value is -3.62. The molecular weight excluding hydrogens is 411 g/mol. The zero-order valence-electron chi connectivity index (χ0n) is 18.8. The molecule has 9 heteroatoms. The average Bonchev–Trinajstić information content (AvgIpc) is 2.72. The molecule has 0 saturated heterocycles. The zero-order valence-corrected chi connectivity index (χ0v) is 18.8. The van der Waals surface area contributed by atoms with Gasteiger partial charge in [-0.1, -0.05) is 19.9 Å². The lowest BCUT2D eigenvalue weighted by Crippen LogP contribution is -2.40. The number of nitrogens with one attached hydrogen (secondary N) is 3. The Morgan fingerprint density at radius 2 is 2.03 bits per heavy atom. The molecule has 1 aromatic heterocycles. The highest BCUT2D eigenvalue weighted by Gasteiger charge is 2.36. The molecule has 0 spiro atoms. The van der Waals surface area contributed by atoms with Crippen molar-refractivity contribution in [3.8, 4) is 0 Å². The first-order chi connectivity index (χ1) is 15.0. The lowest BCUT2D eigenvalue weighted by molar-refractivity contribution is -0.119. The number of hydrogen-bond acceptors (Lipinski definition) is 5. The molecule has 0 atom stereocenters. The minimum Gasteiger partial charge on any atom is -0.315 e. The van der Waals surface area contributed by atoms with Gasteiger partial charge in [-0.2, -0.15) is 0 Å². The molecule has 1 aliphatic rings. The summed E-state index contributed by atoms with van der Waals surface area (Å²) in [6, 6.07) is 7.34. The normalized spacial score (nSPS) is 14.7. The fourth-order valence-electron chi connectivity index (χ4n) is 3.71. The second kappa shape index (κ2) is 8.49. The van der Waals surface area contributed by atoms with Crippen molar-refractivity contribution in [1.29, 1.82) is 10.8 Å². The van der Waals surface area contributed by atoms with E-state index in [0.29, 0.717) is 11.3 Å². The van der Waals surface area contributed by atoms with Crippen molar-refractivity contribution in [1.82, 2.24) is 9.88 Å². The molecule has 0 bridgehead atoms. The van der Waals surface area contributed by atoms with Crippen molar-refractivity contribution in [3.63, 3.8) is 0 Å². The Morgan fingerprint density at radius 3 is 2.66 bits per heavy atom. The van der Waals surface area contributed by atoms with Crippen LogP contribution in [0.2, 0.25) is 0 Å². The van der Waals surface area contributed by atoms with Gasteiger partial charge in [0, 0.05) is 30.6 Å². The van der Waals surface area contributed by atoms with Gasteiger partial charge >= 0.3 is 0 Å². The lowest BCUT2D eigenvalue weighted by Gasteiger charge is -2.37. The summed E-state index contributed by atoms with van der Waals surface area (Å²) in [6.45, 7) is 7.42. The summed E-state index contributed by atoms with van der Waals surface area (Å²) >= 11 is 0. The highest BCUT2D eigenvalue weighted by molar-refractivity contribution is 6.07. The number of rotatable bonds is 5. The van der Waals surface area contributed by atoms with Crippen LogP contribution in [-0.4, -0.2) is 47.0 Å². The number of hydrogen-bond donors (Lipinski definition) is 3. The van der Waals surface area contributed by atoms with Crippen molar-refractivity contribution in [3.05, 3.63) is 53.0 Å². The van der Waals surface area contributed by atoms with E-state index in [-0.39, 0.29) is 41.3 Å². The van der Waals surface area contributed by atoms with Crippen molar-refractivity contribution < 1.29 is 14.0 Å². The number of pyridine rings is 1. The third kappa shape index (κ3) is 4.23. The number of benzene rings is 1. The zero-order chi connectivity index (χ0) is 23.8. The van der Waals surface area contributed by atoms with Gasteiger partial charge in [-0.3, -0.25) is 20.4 Å². The van der Waals surface area contributed by atoms with E-state index in [1.165, 1.54) is 28.0 Å². The molecule has 1 aromatic carbocycles. The predicted molar refractivity (Wildman–Crippen MR) is 122 cm³/mol. The first kappa shape index (κ1) is 23.1. The van der Waals surface area contributed by atoms with Crippen LogP contribution in [0.4, 0.5) is 15.9 Å². The number of halogens is 1. The van der Waals surface area contributed by atoms with Crippen LogP contribution in [0.3, 0.4) is 0 Å². The number of amidine groups is 1. The Bertz CT molecular complexity index is 1110. The minimum atomic E-state index is -0.710. The summed E-state index contributed by atoms with van der Waals surface area (Å²) in [7, 11) is 1.61. The van der Waals surface area contributed by atoms with E-state index in [9.17, 15) is 14.0 Å². The molecule has 2 aromatic rings. The van der Waals surface area contributed by atoms with Crippen LogP contribution >= 0.6 is 0 Å². The molecule has 2 heterocycles. The molecule has 0 fully saturated rings. The number of nitrogens with zero attached hydrogens (tertiary/aromatic N) is 3. The topological polar surface area (TPSA) is 113 Å². The molecule has 0 unspecified atom stereocenters. The summed E-state index contributed by atoms with van der Waals surface area (Å²) in [5.74, 6) is -1.34. The van der Waals surface area contributed by atoms with Crippen LogP contribution in [0.5, 0.6) is 0 Å². The first-order valence-corrected chi connectivity index (χ1v) is 10.2. The standard InChI is InChI=1S/C23H27FN6O2/c1-13(2)30(12-25)21(26)17-7-6-8-19(27-17)28-22(32)14-9-18-15(10-16(14)24)23(3,4)11-20(31)29(18)5/h6-10,12-13,25-26H,11H2,1-5H3,(H,27,28,32). The van der Waals surface area contributed by atoms with Crippen molar-refractivity contribution in [2.45, 2.75) is 45.6 Å². The number of carbonyl (C=O) groups excluding carboxylic acids is 2. The second-order valence-corrected chi connectivity index (χ2v) is 8.70. The molecule has 0 saturated carbocycles. The van der Waals surface area contributed by atoms with Gasteiger partial charge in [-0.25, -0.2) is 9.37 Å². The van der Waals surface area contributed by atoms with E-state index in [1.54, 1.807) is 19.2 Å². The largest absolute Gasteiger partial charge is 0.315 e. The van der Waals surface area contributed by atoms with Gasteiger partial charge in [0.1, 0.15) is 17.3 Å². The molecule has 3 N–H and O–H groups in total. The van der Waals surface area contributed by atoms with E-state index in [1.807, 2.05) is 27.7 Å². The molecule has 0 radical (unpaired) electrons. The Morgan fingerprint density at radius 1 is 1.34 bits per heavy atom. The summed E-state index contributed by atoms with van der Waals surface area (Å²) < 4.78 is 14.9. The number of aromatic nitrogens is 1. The Balaban J connectivity index is 1.91. The van der Waals surface area contributed by atoms with Gasteiger partial charge in [-0.15, -0.1) is 0 Å². The number of fused-ring (bicyclic) bond motifs is 1. The van der Waals surface area contributed by atoms with Gasteiger partial charge in [0.15, 0.2) is 5.84 Å². The van der Waals surface area contributed by atoms with E-state index in [0.717, 1.165) is 6.34 Å². The molecular formula is C23H27FN6O2. The van der Waals surface area contributed by atoms with Crippen LogP contribution < -0.4 is 10.2 Å². The molecule has 3 rings (SSSR count). The number of anilines is 2. The SMILES string of the molecule is CC(C)N(C=N)C(=N)c1cccc(NC(=O)c2cc3c(cc2F)C(C)(C)CC(=O)N3C)n1. The van der Waals surface area contributed by atoms with Crippen LogP contribution in [-0.2, 0) is 10.2 Å². The smallest absolute Gasteiger partial charge is 0.259 e. The summed E-state index contributed by atoms with van der Waals surface area (Å²) in [5.41, 5.74) is 0.689. The van der Waals surface area contributed by atoms with E-state index in [2.05, 4.69) is 10.3 Å². The van der Waals surface area contributed by atoms with Crippen LogP contribution in [0, 0.1) is 16.6 Å². The monoisotopic (exact) mass is 438 g/mol. The molecule has 0 aliphatic carbocycles. The van der Waals surface area contributed by atoms with Crippen LogP contribution in [0.15, 0.2) is 30.3 Å². The maximum atomic E-state index is 14.9. The van der Waals surface area contributed by atoms with Crippen molar-refractivity contribution in [2.24, 2.45) is 0 Å². The fraction of sp³-hybridized carbons (Fsp3) is 0.348. The van der Waals surface area contributed by atoms with Gasteiger partial charge in [-0.05, 0) is 43.7 Å². The fourth-order valence-corrected chi connectivity index (χ4v) is 3.71. The predicted octanol–water partition coefficient (Wildman–Crippen LogP) is 3.76. The van der Waals surface area contributed by atoms with Crippen molar-refractivity contribution >= 4 is 35.5 Å². The molecule has 168 valence electrons. The molecule has 1 aliphatic heterocycles. The molecule has 8 nitrogen and oxygen atoms in total. The van der Waals surface area contributed by atoms with Gasteiger partial charge in [0.2, 0.25) is 5.91 Å². The minimum absolute atomic E-state index is 0.00780. The highest BCUT2D eigenvalue weighted by atomic mass is 19.1. The van der Waals surface area contributed by atoms with E-state index < -0.39 is 17.1 Å². The number of amides is 2. The van der Waals surface area contributed by atoms with Gasteiger partial charge in [0.25, 0.3) is 5.91 Å². The van der Waals surface area contributed by atoms with Crippen molar-refractivity contribution in [2.75, 3.05) is 17.3 Å². The average molecular weight is 439 g/mol. The summed E-state index contributed by atoms with van der Waals surface area (Å²) in [5, 5.41) is 18.3. The highest BCUT2D eigenvalue weighted by Crippen LogP contribution is 2.40. The maximum Gasteiger partial charge on any atom is 0.259 e. The van der Waals surface area contributed by atoms with E-state index in [4.69, 9.17) is 10.8 Å². The van der Waals surface area contributed by atoms with Gasteiger partial charge < -0.3 is 15.1 Å². The third-order valence-electron chi connectivity index (χ3n) is 5.57. The maximum absolute atomic E-state index is 14.9. The first-order valence-electron chi connectivity index (χ1n) is 10.2. The van der Waals surface area contributed by atoms with Crippen LogP contribution in [0.1, 0.15) is 55.7 Å².